The van der Waals surface area contributed by atoms with Gasteiger partial charge in [0.05, 0.1) is 16.9 Å². The number of hydrogen-bond acceptors (Lipinski definition) is 3. The van der Waals surface area contributed by atoms with Crippen molar-refractivity contribution >= 4 is 5.91 Å². The lowest BCUT2D eigenvalue weighted by molar-refractivity contribution is -0.141. The molecule has 1 heterocycles. The van der Waals surface area contributed by atoms with Gasteiger partial charge in [-0.1, -0.05) is 18.2 Å². The lowest BCUT2D eigenvalue weighted by atomic mass is 10.1. The molecule has 1 amide bonds. The minimum absolute atomic E-state index is 0.0859. The smallest absolute Gasteiger partial charge is 0.396 e. The van der Waals surface area contributed by atoms with Gasteiger partial charge in [-0.25, -0.2) is 4.68 Å². The van der Waals surface area contributed by atoms with Gasteiger partial charge in [0.1, 0.15) is 0 Å². The number of aromatic nitrogens is 2. The molecule has 0 bridgehead atoms. The van der Waals surface area contributed by atoms with Gasteiger partial charge in [0.2, 0.25) is 0 Å². The van der Waals surface area contributed by atoms with Crippen LogP contribution in [0.1, 0.15) is 28.2 Å². The number of carbonyl (C=O) groups is 1. The molecular weight excluding hydrogens is 311 g/mol. The van der Waals surface area contributed by atoms with E-state index in [0.29, 0.717) is 5.69 Å². The normalized spacial score (nSPS) is 11.5. The van der Waals surface area contributed by atoms with Gasteiger partial charge in [-0.3, -0.25) is 4.79 Å². The van der Waals surface area contributed by atoms with Crippen LogP contribution in [0.2, 0.25) is 0 Å². The summed E-state index contributed by atoms with van der Waals surface area (Å²) in [4.78, 5) is 12.1. The zero-order valence-electron chi connectivity index (χ0n) is 12.4. The Balaban J connectivity index is 2.47. The van der Waals surface area contributed by atoms with E-state index in [1.165, 1.54) is 6.92 Å². The average molecular weight is 327 g/mol. The summed E-state index contributed by atoms with van der Waals surface area (Å²) < 4.78 is 40.7. The van der Waals surface area contributed by atoms with Gasteiger partial charge in [-0.2, -0.15) is 18.3 Å². The van der Waals surface area contributed by atoms with E-state index in [1.54, 1.807) is 30.3 Å². The van der Waals surface area contributed by atoms with E-state index in [0.717, 1.165) is 4.68 Å². The van der Waals surface area contributed by atoms with Crippen LogP contribution in [0.5, 0.6) is 0 Å². The number of benzene rings is 1. The number of amides is 1. The summed E-state index contributed by atoms with van der Waals surface area (Å²) in [6.07, 6.45) is -4.48. The number of carbonyl (C=O) groups excluding carboxylic acids is 1. The molecule has 0 aliphatic heterocycles. The van der Waals surface area contributed by atoms with Gasteiger partial charge in [0.15, 0.2) is 5.69 Å². The van der Waals surface area contributed by atoms with Gasteiger partial charge in [-0.05, 0) is 25.5 Å². The second-order valence-corrected chi connectivity index (χ2v) is 4.89. The number of nitrogens with one attached hydrogen (secondary N) is 1. The van der Waals surface area contributed by atoms with E-state index in [-0.39, 0.29) is 25.3 Å². The highest BCUT2D eigenvalue weighted by atomic mass is 19.4. The van der Waals surface area contributed by atoms with Gasteiger partial charge in [0.25, 0.3) is 5.91 Å². The summed E-state index contributed by atoms with van der Waals surface area (Å²) in [5.41, 5.74) is -1.19. The highest BCUT2D eigenvalue weighted by Gasteiger charge is 2.40. The molecular formula is C15H16F3N3O2. The van der Waals surface area contributed by atoms with Gasteiger partial charge in [0, 0.05) is 13.2 Å². The number of hydrogen-bond donors (Lipinski definition) is 2. The maximum Gasteiger partial charge on any atom is 0.435 e. The number of aliphatic hydroxyl groups is 1. The van der Waals surface area contributed by atoms with Gasteiger partial charge < -0.3 is 10.4 Å². The number of aliphatic hydroxyl groups excluding tert-OH is 1. The van der Waals surface area contributed by atoms with Crippen molar-refractivity contribution < 1.29 is 23.1 Å². The minimum atomic E-state index is -4.74. The van der Waals surface area contributed by atoms with Crippen LogP contribution in [0, 0.1) is 6.92 Å². The third kappa shape index (κ3) is 3.70. The van der Waals surface area contributed by atoms with Crippen LogP contribution in [0.3, 0.4) is 0 Å². The van der Waals surface area contributed by atoms with Crippen LogP contribution in [0.25, 0.3) is 5.69 Å². The summed E-state index contributed by atoms with van der Waals surface area (Å²) in [7, 11) is 0. The van der Waals surface area contributed by atoms with Crippen molar-refractivity contribution in [2.24, 2.45) is 0 Å². The van der Waals surface area contributed by atoms with Crippen molar-refractivity contribution in [3.05, 3.63) is 47.3 Å². The van der Waals surface area contributed by atoms with Crippen LogP contribution >= 0.6 is 0 Å². The SMILES string of the molecule is Cc1c(C(=O)NCCCO)c(C(F)(F)F)nn1-c1ccccc1. The van der Waals surface area contributed by atoms with E-state index in [4.69, 9.17) is 5.11 Å². The topological polar surface area (TPSA) is 67.2 Å². The molecule has 0 unspecified atom stereocenters. The second kappa shape index (κ2) is 6.82. The summed E-state index contributed by atoms with van der Waals surface area (Å²) in [5.74, 6) is -0.856. The standard InChI is InChI=1S/C15H16F3N3O2/c1-10-12(14(23)19-8-5-9-22)13(15(16,17)18)20-21(10)11-6-3-2-4-7-11/h2-4,6-7,22H,5,8-9H2,1H3,(H,19,23). The first-order valence-electron chi connectivity index (χ1n) is 6.97. The Labute approximate surface area is 130 Å². The van der Waals surface area contributed by atoms with Crippen molar-refractivity contribution in [2.75, 3.05) is 13.2 Å². The third-order valence-corrected chi connectivity index (χ3v) is 3.23. The van der Waals surface area contributed by atoms with E-state index >= 15 is 0 Å². The molecule has 0 atom stereocenters. The zero-order chi connectivity index (χ0) is 17.0. The molecule has 124 valence electrons. The first-order chi connectivity index (χ1) is 10.9. The molecule has 23 heavy (non-hydrogen) atoms. The lowest BCUT2D eigenvalue weighted by Gasteiger charge is -2.07. The Kier molecular flexibility index (Phi) is 5.05. The summed E-state index contributed by atoms with van der Waals surface area (Å²) >= 11 is 0. The Bertz CT molecular complexity index is 681. The number of alkyl halides is 3. The maximum atomic E-state index is 13.2. The quantitative estimate of drug-likeness (QED) is 0.828. The predicted octanol–water partition coefficient (Wildman–Crippen LogP) is 2.31. The predicted molar refractivity (Wildman–Crippen MR) is 77.3 cm³/mol. The molecule has 1 aromatic carbocycles. The lowest BCUT2D eigenvalue weighted by Crippen LogP contribution is -2.27. The fourth-order valence-corrected chi connectivity index (χ4v) is 2.16. The Morgan fingerprint density at radius 3 is 2.52 bits per heavy atom. The van der Waals surface area contributed by atoms with Crippen molar-refractivity contribution in [1.82, 2.24) is 15.1 Å². The molecule has 2 aromatic rings. The van der Waals surface area contributed by atoms with E-state index in [2.05, 4.69) is 10.4 Å². The number of para-hydroxylation sites is 1. The first-order valence-corrected chi connectivity index (χ1v) is 6.97. The fourth-order valence-electron chi connectivity index (χ4n) is 2.16. The van der Waals surface area contributed by atoms with Crippen molar-refractivity contribution in [3.8, 4) is 5.69 Å². The molecule has 5 nitrogen and oxygen atoms in total. The zero-order valence-corrected chi connectivity index (χ0v) is 12.4. The van der Waals surface area contributed by atoms with Gasteiger partial charge >= 0.3 is 6.18 Å². The van der Waals surface area contributed by atoms with Crippen LogP contribution in [0.4, 0.5) is 13.2 Å². The molecule has 0 saturated heterocycles. The number of nitrogens with zero attached hydrogens (tertiary/aromatic N) is 2. The monoisotopic (exact) mass is 327 g/mol. The minimum Gasteiger partial charge on any atom is -0.396 e. The highest BCUT2D eigenvalue weighted by Crippen LogP contribution is 2.33. The number of halogens is 3. The molecule has 2 N–H and O–H groups in total. The second-order valence-electron chi connectivity index (χ2n) is 4.89. The van der Waals surface area contributed by atoms with Gasteiger partial charge in [-0.15, -0.1) is 0 Å². The third-order valence-electron chi connectivity index (χ3n) is 3.23. The molecule has 8 heteroatoms. The Morgan fingerprint density at radius 2 is 1.96 bits per heavy atom. The Hall–Kier alpha value is -2.35. The summed E-state index contributed by atoms with van der Waals surface area (Å²) in [5, 5.41) is 14.6. The van der Waals surface area contributed by atoms with E-state index in [9.17, 15) is 18.0 Å². The number of rotatable bonds is 5. The van der Waals surface area contributed by atoms with Crippen LogP contribution in [-0.2, 0) is 6.18 Å². The van der Waals surface area contributed by atoms with Crippen LogP contribution in [-0.4, -0.2) is 33.9 Å². The summed E-state index contributed by atoms with van der Waals surface area (Å²) in [6.45, 7) is 1.34. The maximum absolute atomic E-state index is 13.2. The average Bonchev–Trinajstić information content (AvgIpc) is 2.86. The van der Waals surface area contributed by atoms with Crippen molar-refractivity contribution in [3.63, 3.8) is 0 Å². The van der Waals surface area contributed by atoms with Crippen molar-refractivity contribution in [1.29, 1.82) is 0 Å². The largest absolute Gasteiger partial charge is 0.435 e. The van der Waals surface area contributed by atoms with E-state index in [1.807, 2.05) is 0 Å². The van der Waals surface area contributed by atoms with Crippen LogP contribution < -0.4 is 5.32 Å². The van der Waals surface area contributed by atoms with E-state index < -0.39 is 23.3 Å². The molecule has 2 rings (SSSR count). The molecule has 1 aromatic heterocycles. The molecule has 0 spiro atoms. The Morgan fingerprint density at radius 1 is 1.30 bits per heavy atom. The van der Waals surface area contributed by atoms with Crippen molar-refractivity contribution in [2.45, 2.75) is 19.5 Å². The fraction of sp³-hybridized carbons (Fsp3) is 0.333. The first kappa shape index (κ1) is 17.0. The molecule has 0 radical (unpaired) electrons. The molecule has 0 saturated carbocycles. The molecule has 0 aliphatic rings. The highest BCUT2D eigenvalue weighted by molar-refractivity contribution is 5.96. The molecule has 0 aliphatic carbocycles. The summed E-state index contributed by atoms with van der Waals surface area (Å²) in [6, 6.07) is 8.28. The van der Waals surface area contributed by atoms with Crippen LogP contribution in [0.15, 0.2) is 30.3 Å². The molecule has 0 fully saturated rings.